The summed E-state index contributed by atoms with van der Waals surface area (Å²) in [5, 5.41) is 0. The van der Waals surface area contributed by atoms with Crippen LogP contribution in [-0.2, 0) is 6.54 Å². The largest absolute Gasteiger partial charge is 0.335 e. The molecule has 0 aliphatic carbocycles. The number of hydrogen-bond acceptors (Lipinski definition) is 2. The summed E-state index contributed by atoms with van der Waals surface area (Å²) in [6.07, 6.45) is 5.03. The van der Waals surface area contributed by atoms with E-state index in [9.17, 15) is 0 Å². The highest BCUT2D eigenvalue weighted by Crippen LogP contribution is 2.24. The van der Waals surface area contributed by atoms with Crippen molar-refractivity contribution in [3.05, 3.63) is 18.2 Å². The second kappa shape index (κ2) is 2.09. The van der Waals surface area contributed by atoms with Crippen molar-refractivity contribution in [2.24, 2.45) is 5.73 Å². The second-order valence-corrected chi connectivity index (χ2v) is 2.70. The second-order valence-electron chi connectivity index (χ2n) is 2.70. The van der Waals surface area contributed by atoms with Gasteiger partial charge >= 0.3 is 0 Å². The van der Waals surface area contributed by atoms with E-state index in [0.29, 0.717) is 5.92 Å². The van der Waals surface area contributed by atoms with E-state index >= 15 is 0 Å². The third kappa shape index (κ3) is 0.671. The lowest BCUT2D eigenvalue weighted by atomic mass is 10.1. The fraction of sp³-hybridized carbons (Fsp3) is 0.571. The third-order valence-electron chi connectivity index (χ3n) is 2.12. The molecule has 0 bridgehead atoms. The minimum Gasteiger partial charge on any atom is -0.335 e. The van der Waals surface area contributed by atoms with Crippen LogP contribution >= 0.6 is 0 Å². The highest BCUT2D eigenvalue weighted by molar-refractivity contribution is 5.05. The maximum absolute atomic E-state index is 5.55. The van der Waals surface area contributed by atoms with Crippen LogP contribution in [0.25, 0.3) is 0 Å². The molecule has 0 fully saturated rings. The van der Waals surface area contributed by atoms with Gasteiger partial charge in [-0.05, 0) is 6.42 Å². The van der Waals surface area contributed by atoms with Gasteiger partial charge in [-0.3, -0.25) is 0 Å². The first-order valence-corrected chi connectivity index (χ1v) is 3.63. The van der Waals surface area contributed by atoms with E-state index in [1.807, 2.05) is 12.4 Å². The Morgan fingerprint density at radius 3 is 3.50 bits per heavy atom. The van der Waals surface area contributed by atoms with Crippen LogP contribution < -0.4 is 5.73 Å². The normalized spacial score (nSPS) is 23.1. The fourth-order valence-corrected chi connectivity index (χ4v) is 1.52. The van der Waals surface area contributed by atoms with E-state index in [1.165, 1.54) is 12.2 Å². The quantitative estimate of drug-likeness (QED) is 0.606. The zero-order valence-electron chi connectivity index (χ0n) is 5.83. The molecule has 0 unspecified atom stereocenters. The minimum atomic E-state index is 0.509. The summed E-state index contributed by atoms with van der Waals surface area (Å²) in [6.45, 7) is 1.83. The molecule has 0 spiro atoms. The van der Waals surface area contributed by atoms with E-state index in [-0.39, 0.29) is 0 Å². The number of nitrogens with zero attached hydrogens (tertiary/aromatic N) is 2. The van der Waals surface area contributed by atoms with Gasteiger partial charge < -0.3 is 10.3 Å². The Balaban J connectivity index is 2.34. The van der Waals surface area contributed by atoms with E-state index in [1.54, 1.807) is 0 Å². The van der Waals surface area contributed by atoms with Gasteiger partial charge in [-0.1, -0.05) is 0 Å². The van der Waals surface area contributed by atoms with E-state index < -0.39 is 0 Å². The van der Waals surface area contributed by atoms with Crippen molar-refractivity contribution in [2.45, 2.75) is 18.9 Å². The van der Waals surface area contributed by atoms with Crippen LogP contribution in [0.3, 0.4) is 0 Å². The molecule has 10 heavy (non-hydrogen) atoms. The van der Waals surface area contributed by atoms with Gasteiger partial charge in [0.15, 0.2) is 0 Å². The molecule has 3 heteroatoms. The standard InChI is InChI=1S/C7H11N3/c8-5-6-1-3-10-4-2-9-7(6)10/h2,4,6H,1,3,5,8H2/t6-/m0/s1. The lowest BCUT2D eigenvalue weighted by Crippen LogP contribution is -2.10. The average Bonchev–Trinajstić information content (AvgIpc) is 2.44. The average molecular weight is 137 g/mol. The van der Waals surface area contributed by atoms with Crippen molar-refractivity contribution < 1.29 is 0 Å². The molecule has 0 radical (unpaired) electrons. The number of imidazole rings is 1. The topological polar surface area (TPSA) is 43.8 Å². The predicted octanol–water partition coefficient (Wildman–Crippen LogP) is 0.329. The van der Waals surface area contributed by atoms with Crippen molar-refractivity contribution in [2.75, 3.05) is 6.54 Å². The number of nitrogens with two attached hydrogens (primary N) is 1. The van der Waals surface area contributed by atoms with Crippen LogP contribution in [-0.4, -0.2) is 16.1 Å². The Morgan fingerprint density at radius 1 is 1.80 bits per heavy atom. The molecular formula is C7H11N3. The van der Waals surface area contributed by atoms with Gasteiger partial charge in [-0.25, -0.2) is 4.98 Å². The smallest absolute Gasteiger partial charge is 0.113 e. The molecule has 1 aliphatic heterocycles. The van der Waals surface area contributed by atoms with Gasteiger partial charge in [0.1, 0.15) is 5.82 Å². The highest BCUT2D eigenvalue weighted by atomic mass is 15.1. The Hall–Kier alpha value is -0.830. The summed E-state index contributed by atoms with van der Waals surface area (Å²) in [5.41, 5.74) is 5.55. The molecule has 0 aromatic carbocycles. The molecule has 0 saturated carbocycles. The Bertz CT molecular complexity index is 229. The van der Waals surface area contributed by atoms with Gasteiger partial charge in [0, 0.05) is 31.4 Å². The maximum Gasteiger partial charge on any atom is 0.113 e. The molecule has 54 valence electrons. The lowest BCUT2D eigenvalue weighted by Gasteiger charge is -2.00. The van der Waals surface area contributed by atoms with E-state index in [4.69, 9.17) is 5.73 Å². The van der Waals surface area contributed by atoms with Crippen molar-refractivity contribution in [3.63, 3.8) is 0 Å². The molecule has 1 aromatic heterocycles. The first-order valence-electron chi connectivity index (χ1n) is 3.63. The predicted molar refractivity (Wildman–Crippen MR) is 38.6 cm³/mol. The molecule has 0 amide bonds. The number of hydrogen-bond donors (Lipinski definition) is 1. The summed E-state index contributed by atoms with van der Waals surface area (Å²) in [4.78, 5) is 4.23. The Kier molecular flexibility index (Phi) is 1.24. The first kappa shape index (κ1) is 5.92. The summed E-state index contributed by atoms with van der Waals surface area (Å²) < 4.78 is 2.18. The summed E-state index contributed by atoms with van der Waals surface area (Å²) in [7, 11) is 0. The number of aryl methyl sites for hydroxylation is 1. The van der Waals surface area contributed by atoms with E-state index in [2.05, 4.69) is 9.55 Å². The van der Waals surface area contributed by atoms with Gasteiger partial charge in [-0.15, -0.1) is 0 Å². The molecule has 2 N–H and O–H groups in total. The molecule has 1 aliphatic rings. The summed E-state index contributed by atoms with van der Waals surface area (Å²) in [6, 6.07) is 0. The first-order chi connectivity index (χ1) is 4.92. The van der Waals surface area contributed by atoms with Gasteiger partial charge in [0.25, 0.3) is 0 Å². The summed E-state index contributed by atoms with van der Waals surface area (Å²) in [5.74, 6) is 1.68. The molecule has 2 rings (SSSR count). The molecule has 1 aromatic rings. The van der Waals surface area contributed by atoms with Crippen LogP contribution in [0.2, 0.25) is 0 Å². The van der Waals surface area contributed by atoms with Crippen molar-refractivity contribution in [1.29, 1.82) is 0 Å². The molecular weight excluding hydrogens is 126 g/mol. The zero-order chi connectivity index (χ0) is 6.97. The van der Waals surface area contributed by atoms with Crippen molar-refractivity contribution >= 4 is 0 Å². The maximum atomic E-state index is 5.55. The third-order valence-corrected chi connectivity index (χ3v) is 2.12. The van der Waals surface area contributed by atoms with Crippen LogP contribution in [0.4, 0.5) is 0 Å². The van der Waals surface area contributed by atoms with E-state index in [0.717, 1.165) is 13.1 Å². The number of rotatable bonds is 1. The number of fused-ring (bicyclic) bond motifs is 1. The van der Waals surface area contributed by atoms with Gasteiger partial charge in [-0.2, -0.15) is 0 Å². The number of aromatic nitrogens is 2. The summed E-state index contributed by atoms with van der Waals surface area (Å²) >= 11 is 0. The molecule has 2 heterocycles. The zero-order valence-corrected chi connectivity index (χ0v) is 5.83. The van der Waals surface area contributed by atoms with Crippen LogP contribution in [0.1, 0.15) is 18.2 Å². The molecule has 0 saturated heterocycles. The fourth-order valence-electron chi connectivity index (χ4n) is 1.52. The Morgan fingerprint density at radius 2 is 2.70 bits per heavy atom. The molecule has 1 atom stereocenters. The van der Waals surface area contributed by atoms with Crippen molar-refractivity contribution in [3.8, 4) is 0 Å². The van der Waals surface area contributed by atoms with Crippen LogP contribution in [0.15, 0.2) is 12.4 Å². The monoisotopic (exact) mass is 137 g/mol. The van der Waals surface area contributed by atoms with Crippen LogP contribution in [0, 0.1) is 0 Å². The lowest BCUT2D eigenvalue weighted by molar-refractivity contribution is 0.661. The Labute approximate surface area is 59.9 Å². The SMILES string of the molecule is NC[C@@H]1CCn2ccnc21. The van der Waals surface area contributed by atoms with Crippen molar-refractivity contribution in [1.82, 2.24) is 9.55 Å². The minimum absolute atomic E-state index is 0.509. The van der Waals surface area contributed by atoms with Crippen LogP contribution in [0.5, 0.6) is 0 Å². The highest BCUT2D eigenvalue weighted by Gasteiger charge is 2.21. The molecule has 3 nitrogen and oxygen atoms in total. The van der Waals surface area contributed by atoms with Gasteiger partial charge in [0.05, 0.1) is 0 Å². The van der Waals surface area contributed by atoms with Gasteiger partial charge in [0.2, 0.25) is 0 Å².